The van der Waals surface area contributed by atoms with Gasteiger partial charge in [0.2, 0.25) is 0 Å². The number of thiophene rings is 1. The summed E-state index contributed by atoms with van der Waals surface area (Å²) in [7, 11) is 3.74. The van der Waals surface area contributed by atoms with Crippen LogP contribution in [0.3, 0.4) is 0 Å². The van der Waals surface area contributed by atoms with E-state index in [4.69, 9.17) is 4.74 Å². The Hall–Kier alpha value is -1.32. The first kappa shape index (κ1) is 13.7. The van der Waals surface area contributed by atoms with Gasteiger partial charge in [0.15, 0.2) is 0 Å². The molecule has 20 heavy (non-hydrogen) atoms. The van der Waals surface area contributed by atoms with Gasteiger partial charge in [-0.1, -0.05) is 30.7 Å². The summed E-state index contributed by atoms with van der Waals surface area (Å²) in [5.41, 5.74) is 2.85. The maximum atomic E-state index is 5.30. The van der Waals surface area contributed by atoms with Crippen LogP contribution in [0.1, 0.15) is 47.2 Å². The molecule has 1 heterocycles. The molecule has 1 N–H and O–H groups in total. The smallest absolute Gasteiger partial charge is 0.129 e. The third-order valence-corrected chi connectivity index (χ3v) is 5.20. The van der Waals surface area contributed by atoms with E-state index in [0.717, 1.165) is 11.7 Å². The molecule has 0 saturated heterocycles. The van der Waals surface area contributed by atoms with E-state index in [9.17, 15) is 0 Å². The fourth-order valence-corrected chi connectivity index (χ4v) is 3.79. The SMILES string of the molecule is CNC(c1cccc(C2CCC2)c1)c1cc(OC)cs1. The summed E-state index contributed by atoms with van der Waals surface area (Å²) >= 11 is 1.75. The summed E-state index contributed by atoms with van der Waals surface area (Å²) in [6.45, 7) is 0. The summed E-state index contributed by atoms with van der Waals surface area (Å²) in [4.78, 5) is 1.30. The van der Waals surface area contributed by atoms with E-state index in [1.54, 1.807) is 18.4 Å². The van der Waals surface area contributed by atoms with Gasteiger partial charge in [0.25, 0.3) is 0 Å². The standard InChI is InChI=1S/C17H21NOS/c1-18-17(16-10-15(19-2)11-20-16)14-8-4-7-13(9-14)12-5-3-6-12/h4,7-12,17-18H,3,5-6H2,1-2H3. The van der Waals surface area contributed by atoms with Crippen molar-refractivity contribution in [3.05, 3.63) is 51.7 Å². The summed E-state index contributed by atoms with van der Waals surface area (Å²) < 4.78 is 5.30. The normalized spacial score (nSPS) is 16.7. The third kappa shape index (κ3) is 2.60. The topological polar surface area (TPSA) is 21.3 Å². The average molecular weight is 287 g/mol. The van der Waals surface area contributed by atoms with Gasteiger partial charge in [0.1, 0.15) is 5.75 Å². The van der Waals surface area contributed by atoms with E-state index in [1.165, 1.54) is 35.3 Å². The molecule has 1 aromatic carbocycles. The van der Waals surface area contributed by atoms with Crippen LogP contribution in [-0.4, -0.2) is 14.2 Å². The highest BCUT2D eigenvalue weighted by Crippen LogP contribution is 2.38. The van der Waals surface area contributed by atoms with E-state index >= 15 is 0 Å². The van der Waals surface area contributed by atoms with Crippen molar-refractivity contribution in [2.75, 3.05) is 14.2 Å². The minimum atomic E-state index is 0.254. The van der Waals surface area contributed by atoms with Crippen LogP contribution in [0.2, 0.25) is 0 Å². The Morgan fingerprint density at radius 2 is 2.15 bits per heavy atom. The summed E-state index contributed by atoms with van der Waals surface area (Å²) in [6, 6.07) is 11.4. The molecule has 1 unspecified atom stereocenters. The molecule has 3 heteroatoms. The van der Waals surface area contributed by atoms with Gasteiger partial charge in [-0.15, -0.1) is 11.3 Å². The third-order valence-electron chi connectivity index (χ3n) is 4.23. The zero-order chi connectivity index (χ0) is 13.9. The highest BCUT2D eigenvalue weighted by Gasteiger charge is 2.21. The zero-order valence-corrected chi connectivity index (χ0v) is 12.9. The molecule has 0 aliphatic heterocycles. The van der Waals surface area contributed by atoms with Crippen LogP contribution in [0, 0.1) is 0 Å². The number of ether oxygens (including phenoxy) is 1. The molecule has 0 radical (unpaired) electrons. The molecule has 0 amide bonds. The van der Waals surface area contributed by atoms with Crippen LogP contribution in [0.5, 0.6) is 5.75 Å². The van der Waals surface area contributed by atoms with Gasteiger partial charge in [-0.3, -0.25) is 0 Å². The van der Waals surface area contributed by atoms with E-state index < -0.39 is 0 Å². The number of rotatable bonds is 5. The number of hydrogen-bond acceptors (Lipinski definition) is 3. The monoisotopic (exact) mass is 287 g/mol. The second kappa shape index (κ2) is 5.98. The van der Waals surface area contributed by atoms with Crippen molar-refractivity contribution in [1.82, 2.24) is 5.32 Å². The van der Waals surface area contributed by atoms with E-state index in [2.05, 4.69) is 41.0 Å². The fraction of sp³-hybridized carbons (Fsp3) is 0.412. The van der Waals surface area contributed by atoms with Crippen molar-refractivity contribution in [2.45, 2.75) is 31.2 Å². The fourth-order valence-electron chi connectivity index (χ4n) is 2.80. The van der Waals surface area contributed by atoms with Gasteiger partial charge in [-0.2, -0.15) is 0 Å². The second-order valence-corrected chi connectivity index (χ2v) is 6.35. The van der Waals surface area contributed by atoms with Crippen LogP contribution in [0.25, 0.3) is 0 Å². The van der Waals surface area contributed by atoms with Crippen molar-refractivity contribution in [1.29, 1.82) is 0 Å². The lowest BCUT2D eigenvalue weighted by Gasteiger charge is -2.27. The van der Waals surface area contributed by atoms with E-state index in [-0.39, 0.29) is 6.04 Å². The Morgan fingerprint density at radius 1 is 1.30 bits per heavy atom. The Balaban J connectivity index is 1.88. The molecule has 0 spiro atoms. The van der Waals surface area contributed by atoms with Crippen LogP contribution in [0.15, 0.2) is 35.7 Å². The molecule has 2 aromatic rings. The van der Waals surface area contributed by atoms with Gasteiger partial charge in [-0.25, -0.2) is 0 Å². The first-order chi connectivity index (χ1) is 9.81. The Kier molecular flexibility index (Phi) is 4.08. The molecular formula is C17H21NOS. The minimum Gasteiger partial charge on any atom is -0.496 e. The molecule has 2 nitrogen and oxygen atoms in total. The quantitative estimate of drug-likeness (QED) is 0.883. The van der Waals surface area contributed by atoms with E-state index in [1.807, 2.05) is 7.05 Å². The van der Waals surface area contributed by atoms with Crippen LogP contribution < -0.4 is 10.1 Å². The zero-order valence-electron chi connectivity index (χ0n) is 12.1. The minimum absolute atomic E-state index is 0.254. The summed E-state index contributed by atoms with van der Waals surface area (Å²) in [5.74, 6) is 1.73. The highest BCUT2D eigenvalue weighted by molar-refractivity contribution is 7.10. The van der Waals surface area contributed by atoms with E-state index in [0.29, 0.717) is 0 Å². The number of benzene rings is 1. The lowest BCUT2D eigenvalue weighted by atomic mass is 9.79. The number of nitrogens with one attached hydrogen (secondary N) is 1. The summed E-state index contributed by atoms with van der Waals surface area (Å²) in [5, 5.41) is 5.49. The molecule has 1 aromatic heterocycles. The highest BCUT2D eigenvalue weighted by atomic mass is 32.1. The maximum absolute atomic E-state index is 5.30. The predicted molar refractivity (Wildman–Crippen MR) is 84.8 cm³/mol. The molecule has 1 aliphatic rings. The molecule has 1 fully saturated rings. The predicted octanol–water partition coefficient (Wildman–Crippen LogP) is 4.33. The lowest BCUT2D eigenvalue weighted by molar-refractivity contribution is 0.416. The van der Waals surface area contributed by atoms with Gasteiger partial charge < -0.3 is 10.1 Å². The molecule has 0 bridgehead atoms. The molecule has 1 saturated carbocycles. The molecule has 3 rings (SSSR count). The van der Waals surface area contributed by atoms with Crippen LogP contribution >= 0.6 is 11.3 Å². The molecule has 1 aliphatic carbocycles. The van der Waals surface area contributed by atoms with Gasteiger partial charge in [-0.05, 0) is 43.0 Å². The first-order valence-corrected chi connectivity index (χ1v) is 8.09. The Labute approximate surface area is 124 Å². The van der Waals surface area contributed by atoms with Crippen molar-refractivity contribution in [3.63, 3.8) is 0 Å². The average Bonchev–Trinajstić information content (AvgIpc) is 2.87. The first-order valence-electron chi connectivity index (χ1n) is 7.21. The lowest BCUT2D eigenvalue weighted by Crippen LogP contribution is -2.17. The van der Waals surface area contributed by atoms with Crippen molar-refractivity contribution < 1.29 is 4.74 Å². The van der Waals surface area contributed by atoms with Crippen molar-refractivity contribution in [3.8, 4) is 5.75 Å². The van der Waals surface area contributed by atoms with Crippen LogP contribution in [0.4, 0.5) is 0 Å². The Bertz CT molecular complexity index is 574. The molecule has 106 valence electrons. The van der Waals surface area contributed by atoms with Crippen molar-refractivity contribution in [2.24, 2.45) is 0 Å². The van der Waals surface area contributed by atoms with Gasteiger partial charge >= 0.3 is 0 Å². The van der Waals surface area contributed by atoms with Crippen LogP contribution in [-0.2, 0) is 0 Å². The largest absolute Gasteiger partial charge is 0.496 e. The maximum Gasteiger partial charge on any atom is 0.129 e. The van der Waals surface area contributed by atoms with Gasteiger partial charge in [0.05, 0.1) is 13.2 Å². The number of hydrogen-bond donors (Lipinski definition) is 1. The van der Waals surface area contributed by atoms with Crippen molar-refractivity contribution >= 4 is 11.3 Å². The Morgan fingerprint density at radius 3 is 2.75 bits per heavy atom. The van der Waals surface area contributed by atoms with Gasteiger partial charge in [0, 0.05) is 10.3 Å². The second-order valence-electron chi connectivity index (χ2n) is 5.41. The molecule has 1 atom stereocenters. The number of methoxy groups -OCH3 is 1. The molecular weight excluding hydrogens is 266 g/mol. The summed E-state index contributed by atoms with van der Waals surface area (Å²) in [6.07, 6.45) is 4.08.